The van der Waals surface area contributed by atoms with E-state index in [0.29, 0.717) is 0 Å². The topological polar surface area (TPSA) is 50.5 Å². The second kappa shape index (κ2) is 8.06. The molecule has 0 aromatic heterocycles. The van der Waals surface area contributed by atoms with E-state index in [-0.39, 0.29) is 0 Å². The summed E-state index contributed by atoms with van der Waals surface area (Å²) in [5.74, 6) is 0. The van der Waals surface area contributed by atoms with Gasteiger partial charge in [0, 0.05) is 39.0 Å². The quantitative estimate of drug-likeness (QED) is 0.522. The van der Waals surface area contributed by atoms with Gasteiger partial charge in [0.25, 0.3) is 0 Å². The Morgan fingerprint density at radius 1 is 1.29 bits per heavy atom. The zero-order valence-corrected chi connectivity index (χ0v) is 10.8. The zero-order valence-electron chi connectivity index (χ0n) is 10.8. The molecule has 0 bridgehead atoms. The molecule has 0 saturated heterocycles. The van der Waals surface area contributed by atoms with Crippen molar-refractivity contribution in [3.8, 4) is 0 Å². The summed E-state index contributed by atoms with van der Waals surface area (Å²) in [5.41, 5.74) is 7.96. The molecular weight excluding hydrogens is 214 g/mol. The lowest BCUT2D eigenvalue weighted by Gasteiger charge is -2.18. The molecule has 0 saturated carbocycles. The number of likely N-dealkylation sites (N-methyl/N-ethyl adjacent to an activating group) is 1. The van der Waals surface area contributed by atoms with Crippen LogP contribution in [0, 0.1) is 0 Å². The number of nitrogens with zero attached hydrogens (tertiary/aromatic N) is 1. The summed E-state index contributed by atoms with van der Waals surface area (Å²) in [6.07, 6.45) is 0. The molecule has 4 heteroatoms. The van der Waals surface area contributed by atoms with Crippen molar-refractivity contribution < 1.29 is 4.74 Å². The largest absolute Gasteiger partial charge is 0.398 e. The third kappa shape index (κ3) is 5.68. The number of rotatable bonds is 8. The Bertz CT molecular complexity index is 317. The summed E-state index contributed by atoms with van der Waals surface area (Å²) in [6, 6.07) is 8.01. The van der Waals surface area contributed by atoms with Crippen LogP contribution in [0.15, 0.2) is 24.3 Å². The van der Waals surface area contributed by atoms with Gasteiger partial charge in [0.2, 0.25) is 0 Å². The van der Waals surface area contributed by atoms with Crippen LogP contribution in [-0.4, -0.2) is 45.3 Å². The van der Waals surface area contributed by atoms with E-state index in [2.05, 4.69) is 23.3 Å². The highest BCUT2D eigenvalue weighted by atomic mass is 16.5. The molecule has 3 N–H and O–H groups in total. The van der Waals surface area contributed by atoms with Crippen molar-refractivity contribution in [1.82, 2.24) is 10.2 Å². The van der Waals surface area contributed by atoms with E-state index in [0.717, 1.165) is 38.5 Å². The van der Waals surface area contributed by atoms with Crippen LogP contribution in [0.4, 0.5) is 5.69 Å². The van der Waals surface area contributed by atoms with Crippen LogP contribution in [0.5, 0.6) is 0 Å². The van der Waals surface area contributed by atoms with E-state index in [1.165, 1.54) is 5.56 Å². The lowest BCUT2D eigenvalue weighted by atomic mass is 10.2. The molecule has 0 amide bonds. The van der Waals surface area contributed by atoms with Gasteiger partial charge in [-0.1, -0.05) is 18.2 Å². The Morgan fingerprint density at radius 2 is 2.06 bits per heavy atom. The summed E-state index contributed by atoms with van der Waals surface area (Å²) in [5, 5.41) is 3.32. The number of hydrogen-bond donors (Lipinski definition) is 2. The average molecular weight is 237 g/mol. The Kier molecular flexibility index (Phi) is 6.62. The smallest absolute Gasteiger partial charge is 0.0587 e. The van der Waals surface area contributed by atoms with Gasteiger partial charge in [0.1, 0.15) is 0 Å². The van der Waals surface area contributed by atoms with E-state index in [1.807, 2.05) is 18.2 Å². The van der Waals surface area contributed by atoms with Gasteiger partial charge in [-0.15, -0.1) is 0 Å². The highest BCUT2D eigenvalue weighted by Crippen LogP contribution is 2.11. The predicted octanol–water partition coefficient (Wildman–Crippen LogP) is 0.937. The molecule has 0 aliphatic heterocycles. The van der Waals surface area contributed by atoms with Crippen molar-refractivity contribution in [1.29, 1.82) is 0 Å². The van der Waals surface area contributed by atoms with E-state index in [4.69, 9.17) is 10.5 Å². The molecule has 96 valence electrons. The van der Waals surface area contributed by atoms with Crippen LogP contribution in [0.2, 0.25) is 0 Å². The minimum atomic E-state index is 0.759. The molecule has 0 spiro atoms. The van der Waals surface area contributed by atoms with Gasteiger partial charge < -0.3 is 20.7 Å². The summed E-state index contributed by atoms with van der Waals surface area (Å²) < 4.78 is 4.97. The summed E-state index contributed by atoms with van der Waals surface area (Å²) in [6.45, 7) is 4.51. The maximum atomic E-state index is 5.90. The van der Waals surface area contributed by atoms with Crippen LogP contribution in [-0.2, 0) is 11.3 Å². The fourth-order valence-electron chi connectivity index (χ4n) is 1.62. The van der Waals surface area contributed by atoms with E-state index >= 15 is 0 Å². The van der Waals surface area contributed by atoms with Gasteiger partial charge in [0.05, 0.1) is 6.61 Å². The van der Waals surface area contributed by atoms with Crippen LogP contribution >= 0.6 is 0 Å². The highest BCUT2D eigenvalue weighted by Gasteiger charge is 2.02. The molecule has 1 aromatic rings. The first-order chi connectivity index (χ1) is 8.24. The molecule has 1 aromatic carbocycles. The van der Waals surface area contributed by atoms with Crippen LogP contribution in [0.1, 0.15) is 5.56 Å². The lowest BCUT2D eigenvalue weighted by Crippen LogP contribution is -2.30. The van der Waals surface area contributed by atoms with E-state index in [1.54, 1.807) is 7.11 Å². The van der Waals surface area contributed by atoms with Crippen LogP contribution in [0.25, 0.3) is 0 Å². The lowest BCUT2D eigenvalue weighted by molar-refractivity contribution is 0.197. The first kappa shape index (κ1) is 14.0. The second-order valence-electron chi connectivity index (χ2n) is 4.18. The predicted molar refractivity (Wildman–Crippen MR) is 71.9 cm³/mol. The normalized spacial score (nSPS) is 11.0. The Balaban J connectivity index is 2.21. The number of nitrogens with two attached hydrogens (primary N) is 1. The maximum absolute atomic E-state index is 5.90. The minimum absolute atomic E-state index is 0.759. The van der Waals surface area contributed by atoms with Crippen molar-refractivity contribution in [3.05, 3.63) is 29.8 Å². The Hall–Kier alpha value is -1.10. The molecular formula is C13H23N3O. The third-order valence-corrected chi connectivity index (χ3v) is 2.65. The van der Waals surface area contributed by atoms with Crippen molar-refractivity contribution >= 4 is 5.69 Å². The monoisotopic (exact) mass is 237 g/mol. The number of nitrogens with one attached hydrogen (secondary N) is 1. The molecule has 0 fully saturated rings. The summed E-state index contributed by atoms with van der Waals surface area (Å²) in [7, 11) is 3.82. The fraction of sp³-hybridized carbons (Fsp3) is 0.538. The van der Waals surface area contributed by atoms with Gasteiger partial charge in [-0.05, 0) is 18.7 Å². The maximum Gasteiger partial charge on any atom is 0.0587 e. The van der Waals surface area contributed by atoms with Gasteiger partial charge in [-0.3, -0.25) is 0 Å². The molecule has 0 atom stereocenters. The Morgan fingerprint density at radius 3 is 2.76 bits per heavy atom. The SMILES string of the molecule is COCCNCCN(C)Cc1ccccc1N. The number of para-hydroxylation sites is 1. The number of anilines is 1. The van der Waals surface area contributed by atoms with E-state index in [9.17, 15) is 0 Å². The molecule has 17 heavy (non-hydrogen) atoms. The standard InChI is InChI=1S/C13H23N3O/c1-16(9-7-15-8-10-17-2)11-12-5-3-4-6-13(12)14/h3-6,15H,7-11,14H2,1-2H3. The van der Waals surface area contributed by atoms with E-state index < -0.39 is 0 Å². The number of nitrogen functional groups attached to an aromatic ring is 1. The average Bonchev–Trinajstić information content (AvgIpc) is 2.32. The first-order valence-corrected chi connectivity index (χ1v) is 5.95. The molecule has 0 heterocycles. The van der Waals surface area contributed by atoms with Gasteiger partial charge in [-0.25, -0.2) is 0 Å². The van der Waals surface area contributed by atoms with Crippen molar-refractivity contribution in [2.24, 2.45) is 0 Å². The minimum Gasteiger partial charge on any atom is -0.398 e. The molecule has 1 rings (SSSR count). The molecule has 4 nitrogen and oxygen atoms in total. The van der Waals surface area contributed by atoms with Crippen molar-refractivity contribution in [3.63, 3.8) is 0 Å². The zero-order chi connectivity index (χ0) is 12.5. The highest BCUT2D eigenvalue weighted by molar-refractivity contribution is 5.46. The molecule has 0 aliphatic carbocycles. The number of ether oxygens (including phenoxy) is 1. The Labute approximate surface area is 104 Å². The summed E-state index contributed by atoms with van der Waals surface area (Å²) in [4.78, 5) is 2.26. The fourth-order valence-corrected chi connectivity index (χ4v) is 1.62. The van der Waals surface area contributed by atoms with Crippen molar-refractivity contribution in [2.45, 2.75) is 6.54 Å². The van der Waals surface area contributed by atoms with Crippen LogP contribution in [0.3, 0.4) is 0 Å². The van der Waals surface area contributed by atoms with Gasteiger partial charge in [-0.2, -0.15) is 0 Å². The first-order valence-electron chi connectivity index (χ1n) is 5.95. The number of benzene rings is 1. The third-order valence-electron chi connectivity index (χ3n) is 2.65. The van der Waals surface area contributed by atoms with Crippen molar-refractivity contribution in [2.75, 3.05) is 46.1 Å². The number of hydrogen-bond acceptors (Lipinski definition) is 4. The summed E-state index contributed by atoms with van der Waals surface area (Å²) >= 11 is 0. The molecule has 0 aliphatic rings. The van der Waals surface area contributed by atoms with Crippen LogP contribution < -0.4 is 11.1 Å². The number of methoxy groups -OCH3 is 1. The molecule has 0 radical (unpaired) electrons. The van der Waals surface area contributed by atoms with Gasteiger partial charge >= 0.3 is 0 Å². The second-order valence-corrected chi connectivity index (χ2v) is 4.18. The van der Waals surface area contributed by atoms with Gasteiger partial charge in [0.15, 0.2) is 0 Å². The molecule has 0 unspecified atom stereocenters.